The van der Waals surface area contributed by atoms with Gasteiger partial charge in [0.05, 0.1) is 5.41 Å². The summed E-state index contributed by atoms with van der Waals surface area (Å²) in [6.07, 6.45) is -4.72. The molecule has 2 aromatic carbocycles. The Bertz CT molecular complexity index is 687. The molecule has 3 nitrogen and oxygen atoms in total. The van der Waals surface area contributed by atoms with Crippen molar-refractivity contribution in [3.63, 3.8) is 0 Å². The molecule has 0 atom stereocenters. The van der Waals surface area contributed by atoms with Crippen molar-refractivity contribution in [2.75, 3.05) is 0 Å². The summed E-state index contributed by atoms with van der Waals surface area (Å²) < 4.78 is 40.2. The molecular formula is C17H15F3O3. The van der Waals surface area contributed by atoms with Gasteiger partial charge in [0.1, 0.15) is 5.75 Å². The minimum absolute atomic E-state index is 0.287. The van der Waals surface area contributed by atoms with E-state index in [2.05, 4.69) is 4.74 Å². The van der Waals surface area contributed by atoms with Gasteiger partial charge in [-0.15, -0.1) is 13.2 Å². The Kier molecular flexibility index (Phi) is 4.36. The van der Waals surface area contributed by atoms with Crippen LogP contribution in [0, 0.1) is 0 Å². The SMILES string of the molecule is CC(C)(C(=O)O)c1ccc(-c2ccc(OC(F)(F)F)cc2)cc1. The van der Waals surface area contributed by atoms with Crippen LogP contribution in [0.1, 0.15) is 19.4 Å². The summed E-state index contributed by atoms with van der Waals surface area (Å²) in [5.41, 5.74) is 1.11. The highest BCUT2D eigenvalue weighted by Crippen LogP contribution is 2.29. The third-order valence-corrected chi connectivity index (χ3v) is 3.56. The van der Waals surface area contributed by atoms with E-state index < -0.39 is 17.7 Å². The summed E-state index contributed by atoms with van der Waals surface area (Å²) >= 11 is 0. The average Bonchev–Trinajstić information content (AvgIpc) is 2.46. The van der Waals surface area contributed by atoms with Gasteiger partial charge in [-0.2, -0.15) is 0 Å². The summed E-state index contributed by atoms with van der Waals surface area (Å²) in [5.74, 6) is -1.22. The zero-order chi connectivity index (χ0) is 17.3. The van der Waals surface area contributed by atoms with Crippen LogP contribution in [0.25, 0.3) is 11.1 Å². The Morgan fingerprint density at radius 1 is 0.913 bits per heavy atom. The lowest BCUT2D eigenvalue weighted by molar-refractivity contribution is -0.274. The van der Waals surface area contributed by atoms with Crippen molar-refractivity contribution in [2.24, 2.45) is 0 Å². The van der Waals surface area contributed by atoms with Crippen molar-refractivity contribution in [3.05, 3.63) is 54.1 Å². The molecule has 6 heteroatoms. The predicted molar refractivity (Wildman–Crippen MR) is 79.2 cm³/mol. The van der Waals surface area contributed by atoms with Gasteiger partial charge in [-0.1, -0.05) is 36.4 Å². The van der Waals surface area contributed by atoms with Crippen molar-refractivity contribution < 1.29 is 27.8 Å². The number of hydrogen-bond acceptors (Lipinski definition) is 2. The fourth-order valence-corrected chi connectivity index (χ4v) is 2.05. The van der Waals surface area contributed by atoms with E-state index in [1.807, 2.05) is 0 Å². The predicted octanol–water partition coefficient (Wildman–Crippen LogP) is 4.61. The Hall–Kier alpha value is -2.50. The van der Waals surface area contributed by atoms with E-state index >= 15 is 0 Å². The molecule has 0 unspecified atom stereocenters. The molecule has 0 heterocycles. The van der Waals surface area contributed by atoms with Crippen LogP contribution in [0.2, 0.25) is 0 Å². The molecular weight excluding hydrogens is 309 g/mol. The van der Waals surface area contributed by atoms with Crippen molar-refractivity contribution in [1.82, 2.24) is 0 Å². The van der Waals surface area contributed by atoms with Gasteiger partial charge < -0.3 is 9.84 Å². The van der Waals surface area contributed by atoms with E-state index in [1.54, 1.807) is 38.1 Å². The van der Waals surface area contributed by atoms with Crippen LogP contribution in [0.15, 0.2) is 48.5 Å². The van der Waals surface area contributed by atoms with Crippen LogP contribution >= 0.6 is 0 Å². The number of carboxylic acid groups (broad SMARTS) is 1. The molecule has 0 amide bonds. The van der Waals surface area contributed by atoms with Gasteiger partial charge in [0.2, 0.25) is 0 Å². The Labute approximate surface area is 131 Å². The first-order valence-electron chi connectivity index (χ1n) is 6.80. The van der Waals surface area contributed by atoms with Crippen LogP contribution in [0.5, 0.6) is 5.75 Å². The number of aliphatic carboxylic acids is 1. The van der Waals surface area contributed by atoms with E-state index in [0.717, 1.165) is 5.56 Å². The quantitative estimate of drug-likeness (QED) is 0.893. The van der Waals surface area contributed by atoms with E-state index in [1.165, 1.54) is 24.3 Å². The second-order valence-electron chi connectivity index (χ2n) is 5.58. The molecule has 0 fully saturated rings. The van der Waals surface area contributed by atoms with Crippen molar-refractivity contribution >= 4 is 5.97 Å². The van der Waals surface area contributed by atoms with E-state index in [0.29, 0.717) is 11.1 Å². The summed E-state index contributed by atoms with van der Waals surface area (Å²) in [6, 6.07) is 12.4. The van der Waals surface area contributed by atoms with E-state index in [4.69, 9.17) is 0 Å². The number of benzene rings is 2. The van der Waals surface area contributed by atoms with Crippen LogP contribution in [-0.4, -0.2) is 17.4 Å². The van der Waals surface area contributed by atoms with Gasteiger partial charge in [0.15, 0.2) is 0 Å². The molecule has 0 aliphatic heterocycles. The van der Waals surface area contributed by atoms with Gasteiger partial charge in [-0.05, 0) is 42.7 Å². The van der Waals surface area contributed by atoms with Crippen LogP contribution in [0.3, 0.4) is 0 Å². The summed E-state index contributed by atoms with van der Waals surface area (Å²) in [5, 5.41) is 9.20. The maximum atomic E-state index is 12.1. The molecule has 0 bridgehead atoms. The average molecular weight is 324 g/mol. The lowest BCUT2D eigenvalue weighted by Crippen LogP contribution is -2.28. The van der Waals surface area contributed by atoms with Crippen molar-refractivity contribution in [2.45, 2.75) is 25.6 Å². The fourth-order valence-electron chi connectivity index (χ4n) is 2.05. The van der Waals surface area contributed by atoms with Gasteiger partial charge >= 0.3 is 12.3 Å². The number of alkyl halides is 3. The maximum absolute atomic E-state index is 12.1. The second kappa shape index (κ2) is 5.95. The number of carbonyl (C=O) groups is 1. The monoisotopic (exact) mass is 324 g/mol. The zero-order valence-electron chi connectivity index (χ0n) is 12.5. The fraction of sp³-hybridized carbons (Fsp3) is 0.235. The van der Waals surface area contributed by atoms with Gasteiger partial charge in [-0.25, -0.2) is 0 Å². The first kappa shape index (κ1) is 16.9. The Balaban J connectivity index is 2.21. The molecule has 0 aromatic heterocycles. The van der Waals surface area contributed by atoms with E-state index in [-0.39, 0.29) is 5.75 Å². The summed E-state index contributed by atoms with van der Waals surface area (Å²) in [6.45, 7) is 3.21. The first-order valence-corrected chi connectivity index (χ1v) is 6.80. The Morgan fingerprint density at radius 3 is 1.74 bits per heavy atom. The smallest absolute Gasteiger partial charge is 0.481 e. The zero-order valence-corrected chi connectivity index (χ0v) is 12.5. The van der Waals surface area contributed by atoms with Gasteiger partial charge in [-0.3, -0.25) is 4.79 Å². The molecule has 1 N–H and O–H groups in total. The standard InChI is InChI=1S/C17H15F3O3/c1-16(2,15(21)22)13-7-3-11(4-8-13)12-5-9-14(10-6-12)23-17(18,19)20/h3-10H,1-2H3,(H,21,22). The minimum Gasteiger partial charge on any atom is -0.481 e. The molecule has 0 saturated heterocycles. The lowest BCUT2D eigenvalue weighted by atomic mass is 9.84. The normalized spacial score (nSPS) is 12.0. The summed E-state index contributed by atoms with van der Waals surface area (Å²) in [7, 11) is 0. The number of carboxylic acids is 1. The lowest BCUT2D eigenvalue weighted by Gasteiger charge is -2.19. The third kappa shape index (κ3) is 4.03. The van der Waals surface area contributed by atoms with Crippen LogP contribution < -0.4 is 4.74 Å². The highest BCUT2D eigenvalue weighted by atomic mass is 19.4. The molecule has 0 radical (unpaired) electrons. The number of ether oxygens (including phenoxy) is 1. The second-order valence-corrected chi connectivity index (χ2v) is 5.58. The Morgan fingerprint density at radius 2 is 1.35 bits per heavy atom. The highest BCUT2D eigenvalue weighted by Gasteiger charge is 2.31. The van der Waals surface area contributed by atoms with E-state index in [9.17, 15) is 23.1 Å². The molecule has 122 valence electrons. The topological polar surface area (TPSA) is 46.5 Å². The van der Waals surface area contributed by atoms with Crippen LogP contribution in [0.4, 0.5) is 13.2 Å². The molecule has 0 spiro atoms. The number of halogens is 3. The molecule has 0 saturated carbocycles. The minimum atomic E-state index is -4.72. The third-order valence-electron chi connectivity index (χ3n) is 3.56. The van der Waals surface area contributed by atoms with Gasteiger partial charge in [0.25, 0.3) is 0 Å². The molecule has 23 heavy (non-hydrogen) atoms. The van der Waals surface area contributed by atoms with Crippen molar-refractivity contribution in [1.29, 1.82) is 0 Å². The number of hydrogen-bond donors (Lipinski definition) is 1. The molecule has 0 aliphatic rings. The van der Waals surface area contributed by atoms with Crippen molar-refractivity contribution in [3.8, 4) is 16.9 Å². The molecule has 2 aromatic rings. The highest BCUT2D eigenvalue weighted by molar-refractivity contribution is 5.80. The van der Waals surface area contributed by atoms with Crippen LogP contribution in [-0.2, 0) is 10.2 Å². The molecule has 0 aliphatic carbocycles. The summed E-state index contributed by atoms with van der Waals surface area (Å²) in [4.78, 5) is 11.2. The largest absolute Gasteiger partial charge is 0.573 e. The maximum Gasteiger partial charge on any atom is 0.573 e. The van der Waals surface area contributed by atoms with Gasteiger partial charge in [0, 0.05) is 0 Å². The first-order chi connectivity index (χ1) is 10.6. The number of rotatable bonds is 4. The molecule has 2 rings (SSSR count).